The van der Waals surface area contributed by atoms with Gasteiger partial charge >= 0.3 is 0 Å². The van der Waals surface area contributed by atoms with Gasteiger partial charge in [-0.15, -0.1) is 12.4 Å². The van der Waals surface area contributed by atoms with Gasteiger partial charge in [-0.1, -0.05) is 36.4 Å². The van der Waals surface area contributed by atoms with E-state index in [9.17, 15) is 4.79 Å². The van der Waals surface area contributed by atoms with Crippen LogP contribution in [0, 0.1) is 0 Å². The Morgan fingerprint density at radius 3 is 2.50 bits per heavy atom. The maximum Gasteiger partial charge on any atom is 0.164 e. The number of Topliss-reactive ketones (excluding diaryl/α,β-unsaturated/α-hetero) is 1. The zero-order chi connectivity index (χ0) is 12.3. The molecular formula is C14H16ClNO2. The number of carbonyl (C=O) groups excluding carboxylic acids is 1. The van der Waals surface area contributed by atoms with E-state index in [1.54, 1.807) is 6.07 Å². The number of nitrogens with two attached hydrogens (primary N) is 1. The van der Waals surface area contributed by atoms with Gasteiger partial charge in [-0.25, -0.2) is 0 Å². The molecule has 1 atom stereocenters. The van der Waals surface area contributed by atoms with E-state index in [-0.39, 0.29) is 31.2 Å². The monoisotopic (exact) mass is 265 g/mol. The van der Waals surface area contributed by atoms with Crippen LogP contribution < -0.4 is 5.73 Å². The number of fused-ring (bicyclic) bond motifs is 1. The second kappa shape index (κ2) is 6.50. The summed E-state index contributed by atoms with van der Waals surface area (Å²) in [4.78, 5) is 11.9. The van der Waals surface area contributed by atoms with Crippen molar-refractivity contribution >= 4 is 29.0 Å². The van der Waals surface area contributed by atoms with Crippen molar-refractivity contribution in [3.8, 4) is 0 Å². The number of hydrogen-bond acceptors (Lipinski definition) is 3. The maximum absolute atomic E-state index is 11.9. The number of hydrogen-bond donors (Lipinski definition) is 2. The average molecular weight is 266 g/mol. The number of benzene rings is 2. The van der Waals surface area contributed by atoms with E-state index in [0.29, 0.717) is 5.56 Å². The highest BCUT2D eigenvalue weighted by Gasteiger charge is 2.11. The Bertz CT molecular complexity index is 542. The first-order chi connectivity index (χ1) is 8.20. The van der Waals surface area contributed by atoms with Gasteiger partial charge in [0.1, 0.15) is 0 Å². The molecule has 1 unspecified atom stereocenters. The Hall–Kier alpha value is -1.42. The van der Waals surface area contributed by atoms with Gasteiger partial charge < -0.3 is 10.8 Å². The lowest BCUT2D eigenvalue weighted by Crippen LogP contribution is -2.27. The van der Waals surface area contributed by atoms with Crippen LogP contribution >= 0.6 is 12.4 Å². The first-order valence-corrected chi connectivity index (χ1v) is 5.59. The number of carbonyl (C=O) groups is 1. The van der Waals surface area contributed by atoms with Gasteiger partial charge in [0.15, 0.2) is 5.78 Å². The molecule has 0 aromatic heterocycles. The van der Waals surface area contributed by atoms with E-state index in [4.69, 9.17) is 10.8 Å². The second-order valence-corrected chi connectivity index (χ2v) is 4.13. The van der Waals surface area contributed by atoms with E-state index < -0.39 is 6.04 Å². The Morgan fingerprint density at radius 1 is 1.17 bits per heavy atom. The summed E-state index contributed by atoms with van der Waals surface area (Å²) >= 11 is 0. The standard InChI is InChI=1S/C14H15NO2.ClH/c15-13(9-16)8-14(17)12-6-5-10-3-1-2-4-11(10)7-12;/h1-7,13,16H,8-9,15H2;1H. The third kappa shape index (κ3) is 3.29. The van der Waals surface area contributed by atoms with Crippen molar-refractivity contribution < 1.29 is 9.90 Å². The van der Waals surface area contributed by atoms with Crippen molar-refractivity contribution in [2.24, 2.45) is 5.73 Å². The van der Waals surface area contributed by atoms with Crippen LogP contribution in [0.4, 0.5) is 0 Å². The lowest BCUT2D eigenvalue weighted by atomic mass is 10.0. The third-order valence-electron chi connectivity index (χ3n) is 2.75. The Kier molecular flexibility index (Phi) is 5.28. The summed E-state index contributed by atoms with van der Waals surface area (Å²) < 4.78 is 0. The Balaban J connectivity index is 0.00000162. The lowest BCUT2D eigenvalue weighted by molar-refractivity contribution is 0.0962. The normalized spacial score (nSPS) is 11.9. The quantitative estimate of drug-likeness (QED) is 0.833. The van der Waals surface area contributed by atoms with Crippen LogP contribution in [0.25, 0.3) is 10.8 Å². The summed E-state index contributed by atoms with van der Waals surface area (Å²) in [5, 5.41) is 11.0. The Labute approximate surface area is 112 Å². The molecule has 18 heavy (non-hydrogen) atoms. The first kappa shape index (κ1) is 14.6. The SMILES string of the molecule is Cl.NC(CO)CC(=O)c1ccc2ccccc2c1. The number of aliphatic hydroxyl groups excluding tert-OH is 1. The fourth-order valence-corrected chi connectivity index (χ4v) is 1.78. The highest BCUT2D eigenvalue weighted by molar-refractivity contribution is 6.00. The van der Waals surface area contributed by atoms with Crippen molar-refractivity contribution in [3.63, 3.8) is 0 Å². The van der Waals surface area contributed by atoms with Gasteiger partial charge in [0.25, 0.3) is 0 Å². The zero-order valence-electron chi connectivity index (χ0n) is 9.87. The number of aliphatic hydroxyl groups is 1. The summed E-state index contributed by atoms with van der Waals surface area (Å²) in [6, 6.07) is 13.0. The van der Waals surface area contributed by atoms with Crippen molar-refractivity contribution in [1.82, 2.24) is 0 Å². The number of rotatable bonds is 4. The fourth-order valence-electron chi connectivity index (χ4n) is 1.78. The van der Waals surface area contributed by atoms with Crippen LogP contribution in [0.1, 0.15) is 16.8 Å². The molecule has 0 aliphatic heterocycles. The van der Waals surface area contributed by atoms with Gasteiger partial charge in [-0.3, -0.25) is 4.79 Å². The van der Waals surface area contributed by atoms with Crippen molar-refractivity contribution in [2.45, 2.75) is 12.5 Å². The molecule has 2 aromatic rings. The van der Waals surface area contributed by atoms with Crippen LogP contribution in [0.5, 0.6) is 0 Å². The molecule has 0 heterocycles. The minimum Gasteiger partial charge on any atom is -0.395 e. The molecule has 0 radical (unpaired) electrons. The highest BCUT2D eigenvalue weighted by atomic mass is 35.5. The molecule has 0 bridgehead atoms. The minimum atomic E-state index is -0.478. The molecule has 3 N–H and O–H groups in total. The molecule has 0 saturated carbocycles. The van der Waals surface area contributed by atoms with Crippen molar-refractivity contribution in [1.29, 1.82) is 0 Å². The maximum atomic E-state index is 11.9. The Morgan fingerprint density at radius 2 is 1.83 bits per heavy atom. The van der Waals surface area contributed by atoms with Gasteiger partial charge in [0.2, 0.25) is 0 Å². The number of ketones is 1. The number of halogens is 1. The van der Waals surface area contributed by atoms with Gasteiger partial charge in [-0.2, -0.15) is 0 Å². The zero-order valence-corrected chi connectivity index (χ0v) is 10.7. The summed E-state index contributed by atoms with van der Waals surface area (Å²) in [6.07, 6.45) is 0.175. The molecule has 0 saturated heterocycles. The fraction of sp³-hybridized carbons (Fsp3) is 0.214. The first-order valence-electron chi connectivity index (χ1n) is 5.59. The molecule has 3 nitrogen and oxygen atoms in total. The van der Waals surface area contributed by atoms with E-state index >= 15 is 0 Å². The lowest BCUT2D eigenvalue weighted by Gasteiger charge is -2.07. The van der Waals surface area contributed by atoms with E-state index in [0.717, 1.165) is 10.8 Å². The van der Waals surface area contributed by atoms with Crippen LogP contribution in [0.2, 0.25) is 0 Å². The molecule has 2 aromatic carbocycles. The van der Waals surface area contributed by atoms with E-state index in [1.807, 2.05) is 36.4 Å². The van der Waals surface area contributed by atoms with E-state index in [2.05, 4.69) is 0 Å². The van der Waals surface area contributed by atoms with Crippen LogP contribution in [0.15, 0.2) is 42.5 Å². The van der Waals surface area contributed by atoms with Crippen LogP contribution in [0.3, 0.4) is 0 Å². The van der Waals surface area contributed by atoms with Gasteiger partial charge in [0, 0.05) is 18.0 Å². The van der Waals surface area contributed by atoms with Gasteiger partial charge in [0.05, 0.1) is 6.61 Å². The largest absolute Gasteiger partial charge is 0.395 e. The summed E-state index contributed by atoms with van der Waals surface area (Å²) in [7, 11) is 0. The molecule has 4 heteroatoms. The topological polar surface area (TPSA) is 63.3 Å². The molecule has 0 aliphatic carbocycles. The minimum absolute atomic E-state index is 0. The smallest absolute Gasteiger partial charge is 0.164 e. The summed E-state index contributed by atoms with van der Waals surface area (Å²) in [5.41, 5.74) is 6.20. The predicted molar refractivity (Wildman–Crippen MR) is 75.2 cm³/mol. The molecule has 0 amide bonds. The predicted octanol–water partition coefficient (Wildman–Crippen LogP) is 2.15. The molecule has 96 valence electrons. The average Bonchev–Trinajstić information content (AvgIpc) is 2.38. The van der Waals surface area contributed by atoms with E-state index in [1.165, 1.54) is 0 Å². The molecular weight excluding hydrogens is 250 g/mol. The molecule has 0 fully saturated rings. The molecule has 0 aliphatic rings. The summed E-state index contributed by atoms with van der Waals surface area (Å²) in [5.74, 6) is -0.0303. The summed E-state index contributed by atoms with van der Waals surface area (Å²) in [6.45, 7) is -0.167. The highest BCUT2D eigenvalue weighted by Crippen LogP contribution is 2.16. The third-order valence-corrected chi connectivity index (χ3v) is 2.75. The van der Waals surface area contributed by atoms with Crippen molar-refractivity contribution in [3.05, 3.63) is 48.0 Å². The molecule has 2 rings (SSSR count). The van der Waals surface area contributed by atoms with Crippen LogP contribution in [-0.2, 0) is 0 Å². The van der Waals surface area contributed by atoms with Gasteiger partial charge in [-0.05, 0) is 16.8 Å². The van der Waals surface area contributed by atoms with Crippen LogP contribution in [-0.4, -0.2) is 23.5 Å². The molecule has 0 spiro atoms. The second-order valence-electron chi connectivity index (χ2n) is 4.13. The van der Waals surface area contributed by atoms with Crippen molar-refractivity contribution in [2.75, 3.05) is 6.61 Å².